The summed E-state index contributed by atoms with van der Waals surface area (Å²) in [5.74, 6) is -63.0. The van der Waals surface area contributed by atoms with E-state index in [-0.39, 0.29) is 0 Å². The van der Waals surface area contributed by atoms with Crippen LogP contribution in [0.2, 0.25) is 0 Å². The maximum absolute atomic E-state index is 13.8. The molecule has 0 heterocycles. The molecule has 0 aliphatic rings. The second-order valence-electron chi connectivity index (χ2n) is 6.98. The average molecular weight is 595 g/mol. The van der Waals surface area contributed by atoms with Gasteiger partial charge in [0, 0.05) is 6.54 Å². The first-order valence-electron chi connectivity index (χ1n) is 8.47. The summed E-state index contributed by atoms with van der Waals surface area (Å²) in [4.78, 5) is 21.1. The summed E-state index contributed by atoms with van der Waals surface area (Å²) in [6, 6.07) is -2.58. The highest BCUT2D eigenvalue weighted by Crippen LogP contribution is 2.64. The van der Waals surface area contributed by atoms with Crippen LogP contribution in [0.3, 0.4) is 0 Å². The Morgan fingerprint density at radius 2 is 0.919 bits per heavy atom. The predicted molar refractivity (Wildman–Crippen MR) is 78.4 cm³/mol. The Bertz CT molecular complexity index is 856. The lowest BCUT2D eigenvalue weighted by atomic mass is 9.87. The van der Waals surface area contributed by atoms with Gasteiger partial charge in [-0.15, -0.1) is 0 Å². The van der Waals surface area contributed by atoms with Crippen LogP contribution in [-0.4, -0.2) is 93.6 Å². The number of hydrogen-bond acceptors (Lipinski definition) is 4. The van der Waals surface area contributed by atoms with Gasteiger partial charge < -0.3 is 20.6 Å². The molecule has 6 nitrogen and oxygen atoms in total. The lowest BCUT2D eigenvalue weighted by molar-refractivity contribution is -0.464. The summed E-state index contributed by atoms with van der Waals surface area (Å²) in [6.07, 6.45) is -14.0. The van der Waals surface area contributed by atoms with E-state index in [1.54, 1.807) is 0 Å². The maximum Gasteiger partial charge on any atom is 0.460 e. The zero-order valence-electron chi connectivity index (χ0n) is 16.7. The number of halogens is 17. The Kier molecular flexibility index (Phi) is 9.15. The molecule has 0 radical (unpaired) electrons. The lowest BCUT2D eigenvalue weighted by Gasteiger charge is -2.43. The van der Waals surface area contributed by atoms with Crippen molar-refractivity contribution < 1.29 is 99.5 Å². The van der Waals surface area contributed by atoms with E-state index in [4.69, 9.17) is 15.3 Å². The molecule has 220 valence electrons. The van der Waals surface area contributed by atoms with Gasteiger partial charge >= 0.3 is 59.6 Å². The van der Waals surface area contributed by atoms with Crippen molar-refractivity contribution in [2.24, 2.45) is 0 Å². The minimum Gasteiger partial charge on any atom is -0.481 e. The van der Waals surface area contributed by atoms with E-state index in [0.717, 1.165) is 5.32 Å². The summed E-state index contributed by atoms with van der Waals surface area (Å²) in [6.45, 7) is -2.42. The Labute approximate surface area is 191 Å². The Morgan fingerprint density at radius 3 is 1.22 bits per heavy atom. The molecule has 0 bridgehead atoms. The van der Waals surface area contributed by atoms with Crippen LogP contribution < -0.4 is 5.32 Å². The minimum atomic E-state index is -8.83. The van der Waals surface area contributed by atoms with Crippen LogP contribution in [0.15, 0.2) is 0 Å². The van der Waals surface area contributed by atoms with Gasteiger partial charge in [-0.05, 0) is 0 Å². The molecule has 4 N–H and O–H groups in total. The second kappa shape index (κ2) is 9.76. The van der Waals surface area contributed by atoms with Crippen molar-refractivity contribution in [3.05, 3.63) is 0 Å². The van der Waals surface area contributed by atoms with E-state index in [9.17, 15) is 84.2 Å². The van der Waals surface area contributed by atoms with Crippen LogP contribution in [-0.2, 0) is 9.59 Å². The molecule has 0 amide bonds. The number of nitrogens with one attached hydrogen (secondary N) is 1. The van der Waals surface area contributed by atoms with Gasteiger partial charge in [0.05, 0.1) is 6.42 Å². The molecule has 0 aromatic heterocycles. The first-order valence-corrected chi connectivity index (χ1v) is 8.47. The molecule has 0 aliphatic carbocycles. The maximum atomic E-state index is 13.8. The number of aliphatic hydroxyl groups excluding tert-OH is 1. The molecule has 2 atom stereocenters. The Morgan fingerprint density at radius 1 is 0.595 bits per heavy atom. The number of aliphatic carboxylic acids is 2. The average Bonchev–Trinajstić information content (AvgIpc) is 2.68. The Hall–Kier alpha value is -2.33. The molecular formula is C14H10F17NO5. The topological polar surface area (TPSA) is 107 Å². The van der Waals surface area contributed by atoms with Crippen LogP contribution in [0.4, 0.5) is 74.6 Å². The molecule has 0 aliphatic heterocycles. The van der Waals surface area contributed by atoms with Crippen molar-refractivity contribution in [3.8, 4) is 0 Å². The summed E-state index contributed by atoms with van der Waals surface area (Å²) in [7, 11) is 0. The van der Waals surface area contributed by atoms with E-state index in [1.807, 2.05) is 0 Å². The molecule has 0 aromatic carbocycles. The third-order valence-electron chi connectivity index (χ3n) is 4.40. The van der Waals surface area contributed by atoms with E-state index < -0.39 is 84.7 Å². The highest BCUT2D eigenvalue weighted by atomic mass is 19.4. The second-order valence-corrected chi connectivity index (χ2v) is 6.98. The molecule has 23 heteroatoms. The molecule has 0 saturated carbocycles. The molecule has 0 unspecified atom stereocenters. The number of hydrogen-bond donors (Lipinski definition) is 4. The van der Waals surface area contributed by atoms with Crippen LogP contribution >= 0.6 is 0 Å². The SMILES string of the molecule is O=C(O)C[C@H](NC[C@@H](O)C(F)(F)C(F)(F)C(F)(F)C(F)(F)C(F)(F)C(F)(F)C(F)(F)C(F)(F)F)C(=O)O. The van der Waals surface area contributed by atoms with Gasteiger partial charge in [0.1, 0.15) is 12.1 Å². The van der Waals surface area contributed by atoms with Crippen LogP contribution in [0.25, 0.3) is 0 Å². The smallest absolute Gasteiger partial charge is 0.460 e. The van der Waals surface area contributed by atoms with Crippen LogP contribution in [0.5, 0.6) is 0 Å². The van der Waals surface area contributed by atoms with Crippen molar-refractivity contribution in [1.82, 2.24) is 5.32 Å². The third kappa shape index (κ3) is 5.32. The molecule has 0 fully saturated rings. The van der Waals surface area contributed by atoms with E-state index in [2.05, 4.69) is 0 Å². The summed E-state index contributed by atoms with van der Waals surface area (Å²) >= 11 is 0. The van der Waals surface area contributed by atoms with Gasteiger partial charge in [0.15, 0.2) is 0 Å². The van der Waals surface area contributed by atoms with Crippen molar-refractivity contribution in [2.45, 2.75) is 66.2 Å². The fourth-order valence-electron chi connectivity index (χ4n) is 2.19. The van der Waals surface area contributed by atoms with Gasteiger partial charge in [-0.1, -0.05) is 0 Å². The quantitative estimate of drug-likeness (QED) is 0.241. The van der Waals surface area contributed by atoms with Crippen molar-refractivity contribution >= 4 is 11.9 Å². The highest BCUT2D eigenvalue weighted by Gasteiger charge is 2.95. The first kappa shape index (κ1) is 34.7. The summed E-state index contributed by atoms with van der Waals surface area (Å²) in [5, 5.41) is 27.0. The van der Waals surface area contributed by atoms with Gasteiger partial charge in [-0.3, -0.25) is 9.59 Å². The van der Waals surface area contributed by atoms with Gasteiger partial charge in [-0.25, -0.2) is 0 Å². The zero-order chi connectivity index (χ0) is 30.4. The fourth-order valence-corrected chi connectivity index (χ4v) is 2.19. The minimum absolute atomic E-state index is 1.04. The van der Waals surface area contributed by atoms with Gasteiger partial charge in [0.25, 0.3) is 0 Å². The monoisotopic (exact) mass is 595 g/mol. The number of aliphatic hydroxyl groups is 1. The largest absolute Gasteiger partial charge is 0.481 e. The predicted octanol–water partition coefficient (Wildman–Crippen LogP) is 3.87. The molecule has 37 heavy (non-hydrogen) atoms. The van der Waals surface area contributed by atoms with E-state index in [1.165, 1.54) is 0 Å². The van der Waals surface area contributed by atoms with Crippen LogP contribution in [0.1, 0.15) is 6.42 Å². The van der Waals surface area contributed by atoms with Gasteiger partial charge in [-0.2, -0.15) is 74.6 Å². The standard InChI is InChI=1S/C14H10F17NO5/c15-7(16,4(33)2-32-3(6(36)37)1-5(34)35)8(17,18)9(19,20)10(21,22)11(23,24)12(25,26)13(27,28)14(29,30)31/h3-4,32-33H,1-2H2,(H,34,35)(H,36,37)/t3-,4+/m0/s1. The third-order valence-corrected chi connectivity index (χ3v) is 4.40. The van der Waals surface area contributed by atoms with Crippen molar-refractivity contribution in [1.29, 1.82) is 0 Å². The van der Waals surface area contributed by atoms with Gasteiger partial charge in [0.2, 0.25) is 0 Å². The van der Waals surface area contributed by atoms with Crippen molar-refractivity contribution in [3.63, 3.8) is 0 Å². The fraction of sp³-hybridized carbons (Fsp3) is 0.857. The highest BCUT2D eigenvalue weighted by molar-refractivity contribution is 5.80. The number of alkyl halides is 17. The molecule has 0 saturated heterocycles. The summed E-state index contributed by atoms with van der Waals surface area (Å²) < 4.78 is 223. The van der Waals surface area contributed by atoms with Crippen molar-refractivity contribution in [2.75, 3.05) is 6.54 Å². The number of carboxylic acids is 2. The molecule has 0 aromatic rings. The number of rotatable bonds is 13. The lowest BCUT2D eigenvalue weighted by Crippen LogP contribution is -2.75. The Balaban J connectivity index is 6.48. The number of carbonyl (C=O) groups is 2. The summed E-state index contributed by atoms with van der Waals surface area (Å²) in [5.41, 5.74) is 0. The zero-order valence-corrected chi connectivity index (χ0v) is 16.7. The molecule has 0 rings (SSSR count). The number of carboxylic acid groups (broad SMARTS) is 2. The van der Waals surface area contributed by atoms with E-state index in [0.29, 0.717) is 0 Å². The molecular weight excluding hydrogens is 585 g/mol. The van der Waals surface area contributed by atoms with E-state index >= 15 is 0 Å². The first-order chi connectivity index (χ1) is 15.9. The normalized spacial score (nSPS) is 16.9. The van der Waals surface area contributed by atoms with Crippen LogP contribution in [0, 0.1) is 0 Å². The molecule has 0 spiro atoms.